The third-order valence-corrected chi connectivity index (χ3v) is 7.07. The van der Waals surface area contributed by atoms with E-state index < -0.39 is 5.97 Å². The topological polar surface area (TPSA) is 90.0 Å². The number of methoxy groups -OCH3 is 1. The van der Waals surface area contributed by atoms with Crippen LogP contribution in [0.15, 0.2) is 36.4 Å². The first-order valence-corrected chi connectivity index (χ1v) is 10.4. The maximum absolute atomic E-state index is 12.9. The van der Waals surface area contributed by atoms with Gasteiger partial charge in [0.2, 0.25) is 11.8 Å². The monoisotopic (exact) mass is 409 g/mol. The van der Waals surface area contributed by atoms with Crippen LogP contribution < -0.4 is 4.74 Å². The van der Waals surface area contributed by atoms with E-state index in [4.69, 9.17) is 9.47 Å². The largest absolute Gasteiger partial charge is 0.497 e. The summed E-state index contributed by atoms with van der Waals surface area (Å²) in [6.07, 6.45) is 5.24. The van der Waals surface area contributed by atoms with Crippen molar-refractivity contribution in [3.05, 3.63) is 42.0 Å². The molecule has 0 aromatic heterocycles. The van der Waals surface area contributed by atoms with Gasteiger partial charge < -0.3 is 9.47 Å². The van der Waals surface area contributed by atoms with Gasteiger partial charge in [0.1, 0.15) is 5.75 Å². The van der Waals surface area contributed by atoms with Crippen LogP contribution >= 0.6 is 0 Å². The van der Waals surface area contributed by atoms with Crippen molar-refractivity contribution in [3.8, 4) is 5.75 Å². The minimum absolute atomic E-state index is 0.00893. The number of nitrogens with zero attached hydrogens (tertiary/aromatic N) is 1. The summed E-state index contributed by atoms with van der Waals surface area (Å²) < 4.78 is 10.1. The second-order valence-corrected chi connectivity index (χ2v) is 8.55. The number of carbonyl (C=O) groups excluding carboxylic acids is 4. The number of hydrogen-bond acceptors (Lipinski definition) is 6. The normalized spacial score (nSPS) is 32.6. The van der Waals surface area contributed by atoms with E-state index in [-0.39, 0.29) is 60.8 Å². The first-order valence-electron chi connectivity index (χ1n) is 10.4. The van der Waals surface area contributed by atoms with Gasteiger partial charge in [-0.1, -0.05) is 12.2 Å². The summed E-state index contributed by atoms with van der Waals surface area (Å²) in [4.78, 5) is 51.2. The Labute approximate surface area is 174 Å². The Kier molecular flexibility index (Phi) is 4.49. The molecular formula is C23H23NO6. The molecule has 1 aromatic rings. The minimum atomic E-state index is -0.601. The van der Waals surface area contributed by atoms with Crippen LogP contribution in [0.3, 0.4) is 0 Å². The van der Waals surface area contributed by atoms with Crippen LogP contribution in [0, 0.1) is 35.5 Å². The Morgan fingerprint density at radius 2 is 1.60 bits per heavy atom. The fourth-order valence-corrected chi connectivity index (χ4v) is 5.52. The number of ether oxygens (including phenoxy) is 2. The van der Waals surface area contributed by atoms with E-state index in [1.54, 1.807) is 24.3 Å². The maximum Gasteiger partial charge on any atom is 0.308 e. The van der Waals surface area contributed by atoms with Crippen molar-refractivity contribution >= 4 is 23.6 Å². The predicted octanol–water partition coefficient (Wildman–Crippen LogP) is 1.86. The Hall–Kier alpha value is -2.96. The number of ketones is 1. The number of imide groups is 1. The zero-order valence-corrected chi connectivity index (χ0v) is 16.7. The molecule has 1 heterocycles. The molecule has 7 heteroatoms. The molecular weight excluding hydrogens is 386 g/mol. The molecule has 1 aromatic carbocycles. The first kappa shape index (κ1) is 19.0. The number of rotatable bonds is 7. The molecule has 2 saturated carbocycles. The highest BCUT2D eigenvalue weighted by Gasteiger charge is 2.66. The lowest BCUT2D eigenvalue weighted by Gasteiger charge is -2.37. The standard InChI is InChI=1S/C23H23NO6/c1-29-13-4-2-12(3-5-13)18(25)11-30-19(26)8-9-24-22(27)20-14-6-7-15(17-10-16(14)17)21(20)23(24)28/h2-7,14-17,20-21H,8-11H2,1H3/t14-,15+,16-,17-,20+,21-/m1/s1. The average molecular weight is 409 g/mol. The van der Waals surface area contributed by atoms with Crippen molar-refractivity contribution in [2.75, 3.05) is 20.3 Å². The van der Waals surface area contributed by atoms with Crippen LogP contribution in [0.2, 0.25) is 0 Å². The Balaban J connectivity index is 1.14. The van der Waals surface area contributed by atoms with Gasteiger partial charge in [0.15, 0.2) is 12.4 Å². The van der Waals surface area contributed by atoms with Gasteiger partial charge in [0, 0.05) is 12.1 Å². The van der Waals surface area contributed by atoms with Gasteiger partial charge in [-0.25, -0.2) is 0 Å². The van der Waals surface area contributed by atoms with E-state index in [1.807, 2.05) is 0 Å². The molecule has 4 aliphatic carbocycles. The van der Waals surface area contributed by atoms with Crippen LogP contribution in [0.25, 0.3) is 0 Å². The molecule has 1 aliphatic heterocycles. The molecule has 6 rings (SSSR count). The molecule has 0 N–H and O–H groups in total. The second kappa shape index (κ2) is 7.07. The highest BCUT2D eigenvalue weighted by atomic mass is 16.5. The summed E-state index contributed by atoms with van der Waals surface area (Å²) in [5, 5.41) is 0. The third-order valence-electron chi connectivity index (χ3n) is 7.07. The van der Waals surface area contributed by atoms with Gasteiger partial charge in [-0.3, -0.25) is 24.1 Å². The van der Waals surface area contributed by atoms with E-state index in [1.165, 1.54) is 12.0 Å². The van der Waals surface area contributed by atoms with Gasteiger partial charge in [0.05, 0.1) is 25.4 Å². The maximum atomic E-state index is 12.9. The summed E-state index contributed by atoms with van der Waals surface area (Å²) in [6, 6.07) is 6.52. The lowest BCUT2D eigenvalue weighted by atomic mass is 9.63. The van der Waals surface area contributed by atoms with Crippen LogP contribution in [0.5, 0.6) is 5.75 Å². The first-order chi connectivity index (χ1) is 14.5. The van der Waals surface area contributed by atoms with Gasteiger partial charge in [-0.2, -0.15) is 0 Å². The summed E-state index contributed by atoms with van der Waals surface area (Å²) in [6.45, 7) is -0.370. The molecule has 5 aliphatic rings. The molecule has 3 fully saturated rings. The van der Waals surface area contributed by atoms with Crippen molar-refractivity contribution in [1.29, 1.82) is 0 Å². The Bertz CT molecular complexity index is 915. The van der Waals surface area contributed by atoms with Crippen LogP contribution in [-0.2, 0) is 19.1 Å². The summed E-state index contributed by atoms with van der Waals surface area (Å²) >= 11 is 0. The van der Waals surface area contributed by atoms with E-state index >= 15 is 0 Å². The number of amides is 2. The fraction of sp³-hybridized carbons (Fsp3) is 0.478. The average Bonchev–Trinajstić information content (AvgIpc) is 3.55. The highest BCUT2D eigenvalue weighted by molar-refractivity contribution is 6.06. The van der Waals surface area contributed by atoms with Gasteiger partial charge >= 0.3 is 5.97 Å². The SMILES string of the molecule is COc1ccc(C(=O)COC(=O)CCN2C(=O)[C@@H]3[C@H]4C=C[C@H]([C@H]5C[C@H]45)[C@@H]3C2=O)cc1. The molecule has 30 heavy (non-hydrogen) atoms. The molecule has 6 atom stereocenters. The van der Waals surface area contributed by atoms with Crippen molar-refractivity contribution < 1.29 is 28.7 Å². The van der Waals surface area contributed by atoms with Crippen LogP contribution in [-0.4, -0.2) is 48.7 Å². The number of likely N-dealkylation sites (tertiary alicyclic amines) is 1. The fourth-order valence-electron chi connectivity index (χ4n) is 5.52. The van der Waals surface area contributed by atoms with Crippen molar-refractivity contribution in [2.45, 2.75) is 12.8 Å². The summed E-state index contributed by atoms with van der Waals surface area (Å²) in [7, 11) is 1.54. The lowest BCUT2D eigenvalue weighted by Crippen LogP contribution is -2.40. The molecule has 156 valence electrons. The zero-order valence-electron chi connectivity index (χ0n) is 16.7. The number of carbonyl (C=O) groups is 4. The summed E-state index contributed by atoms with van der Waals surface area (Å²) in [5.74, 6) is 0.301. The molecule has 0 unspecified atom stereocenters. The van der Waals surface area contributed by atoms with E-state index in [2.05, 4.69) is 12.2 Å². The van der Waals surface area contributed by atoms with E-state index in [0.29, 0.717) is 23.1 Å². The molecule has 2 amide bonds. The van der Waals surface area contributed by atoms with Gasteiger partial charge in [-0.15, -0.1) is 0 Å². The second-order valence-electron chi connectivity index (χ2n) is 8.55. The molecule has 0 radical (unpaired) electrons. The lowest BCUT2D eigenvalue weighted by molar-refractivity contribution is -0.145. The molecule has 0 spiro atoms. The van der Waals surface area contributed by atoms with E-state index in [0.717, 1.165) is 6.42 Å². The van der Waals surface area contributed by atoms with Crippen LogP contribution in [0.4, 0.5) is 0 Å². The molecule has 2 bridgehead atoms. The molecule has 7 nitrogen and oxygen atoms in total. The summed E-state index contributed by atoms with van der Waals surface area (Å²) in [5.41, 5.74) is 0.416. The highest BCUT2D eigenvalue weighted by Crippen LogP contribution is 2.65. The zero-order chi connectivity index (χ0) is 21.0. The number of allylic oxidation sites excluding steroid dienone is 2. The third kappa shape index (κ3) is 2.95. The predicted molar refractivity (Wildman–Crippen MR) is 104 cm³/mol. The molecule has 1 saturated heterocycles. The van der Waals surface area contributed by atoms with E-state index in [9.17, 15) is 19.2 Å². The Morgan fingerprint density at radius 3 is 2.17 bits per heavy atom. The minimum Gasteiger partial charge on any atom is -0.497 e. The number of esters is 1. The van der Waals surface area contributed by atoms with Gasteiger partial charge in [-0.05, 0) is 54.4 Å². The number of Topliss-reactive ketones (excluding diaryl/α,β-unsaturated/α-hetero) is 1. The van der Waals surface area contributed by atoms with Crippen molar-refractivity contribution in [3.63, 3.8) is 0 Å². The quantitative estimate of drug-likeness (QED) is 0.296. The van der Waals surface area contributed by atoms with Crippen LogP contribution in [0.1, 0.15) is 23.2 Å². The smallest absolute Gasteiger partial charge is 0.308 e. The number of benzene rings is 1. The number of hydrogen-bond donors (Lipinski definition) is 0. The van der Waals surface area contributed by atoms with Gasteiger partial charge in [0.25, 0.3) is 0 Å². The van der Waals surface area contributed by atoms with Crippen molar-refractivity contribution in [2.24, 2.45) is 35.5 Å². The van der Waals surface area contributed by atoms with Crippen molar-refractivity contribution in [1.82, 2.24) is 4.90 Å². The Morgan fingerprint density at radius 1 is 1.00 bits per heavy atom.